The lowest BCUT2D eigenvalue weighted by molar-refractivity contribution is 0.440. The quantitative estimate of drug-likeness (QED) is 0.832. The van der Waals surface area contributed by atoms with Crippen LogP contribution in [0.2, 0.25) is 0 Å². The lowest BCUT2D eigenvalue weighted by atomic mass is 10.6. The molecule has 0 aromatic carbocycles. The minimum absolute atomic E-state index is 0.262. The van der Waals surface area contributed by atoms with Crippen LogP contribution in [0.25, 0.3) is 0 Å². The largest absolute Gasteiger partial charge is 0.398 e. The van der Waals surface area contributed by atoms with E-state index >= 15 is 0 Å². The molecule has 2 rings (SSSR count). The second-order valence-electron chi connectivity index (χ2n) is 3.45. The lowest BCUT2D eigenvalue weighted by Gasteiger charge is -2.24. The van der Waals surface area contributed by atoms with Crippen molar-refractivity contribution in [3.63, 3.8) is 0 Å². The number of sulfonamides is 1. The predicted molar refractivity (Wildman–Crippen MR) is 65.4 cm³/mol. The molecule has 1 aliphatic heterocycles. The fourth-order valence-electron chi connectivity index (χ4n) is 1.45. The highest BCUT2D eigenvalue weighted by Crippen LogP contribution is 2.25. The van der Waals surface area contributed by atoms with Crippen molar-refractivity contribution in [3.05, 3.63) is 11.4 Å². The second kappa shape index (κ2) is 4.44. The molecule has 90 valence electrons. The first kappa shape index (κ1) is 12.0. The minimum Gasteiger partial charge on any atom is -0.398 e. The van der Waals surface area contributed by atoms with Crippen molar-refractivity contribution in [2.75, 3.05) is 30.3 Å². The number of rotatable bonds is 2. The summed E-state index contributed by atoms with van der Waals surface area (Å²) in [5.74, 6) is 0.834. The van der Waals surface area contributed by atoms with Crippen LogP contribution in [0.15, 0.2) is 15.7 Å². The van der Waals surface area contributed by atoms with E-state index in [4.69, 9.17) is 5.73 Å². The summed E-state index contributed by atoms with van der Waals surface area (Å²) in [6.45, 7) is 0.652. The highest BCUT2D eigenvalue weighted by Gasteiger charge is 2.29. The first-order valence-electron chi connectivity index (χ1n) is 4.69. The summed E-state index contributed by atoms with van der Waals surface area (Å²) in [5, 5.41) is 1.61. The van der Waals surface area contributed by atoms with Gasteiger partial charge in [-0.1, -0.05) is 0 Å². The molecular formula is C8H12N2O3S3. The van der Waals surface area contributed by atoms with Crippen LogP contribution in [0.5, 0.6) is 0 Å². The maximum Gasteiger partial charge on any atom is 0.252 e. The molecule has 1 fully saturated rings. The SMILES string of the molecule is Nc1csc(S(=O)(=O)N2CCS(=O)CC2)c1. The summed E-state index contributed by atoms with van der Waals surface area (Å²) in [6, 6.07) is 1.46. The summed E-state index contributed by atoms with van der Waals surface area (Å²) >= 11 is 1.12. The number of hydrogen-bond donors (Lipinski definition) is 1. The average molecular weight is 280 g/mol. The van der Waals surface area contributed by atoms with Crippen molar-refractivity contribution >= 4 is 37.8 Å². The van der Waals surface area contributed by atoms with Gasteiger partial charge in [-0.15, -0.1) is 11.3 Å². The number of nitrogens with zero attached hydrogens (tertiary/aromatic N) is 1. The van der Waals surface area contributed by atoms with Gasteiger partial charge < -0.3 is 5.73 Å². The molecule has 0 radical (unpaired) electrons. The van der Waals surface area contributed by atoms with E-state index in [2.05, 4.69) is 0 Å². The Hall–Kier alpha value is -0.440. The third kappa shape index (κ3) is 2.29. The van der Waals surface area contributed by atoms with Crippen molar-refractivity contribution in [1.82, 2.24) is 4.31 Å². The molecular weight excluding hydrogens is 268 g/mol. The Balaban J connectivity index is 2.23. The highest BCUT2D eigenvalue weighted by atomic mass is 32.2. The van der Waals surface area contributed by atoms with Crippen molar-refractivity contribution < 1.29 is 12.6 Å². The van der Waals surface area contributed by atoms with E-state index in [1.165, 1.54) is 10.4 Å². The molecule has 0 atom stereocenters. The minimum atomic E-state index is -3.43. The van der Waals surface area contributed by atoms with Gasteiger partial charge in [0.1, 0.15) is 4.21 Å². The first-order valence-corrected chi connectivity index (χ1v) is 8.50. The molecule has 5 nitrogen and oxygen atoms in total. The monoisotopic (exact) mass is 280 g/mol. The van der Waals surface area contributed by atoms with Gasteiger partial charge in [-0.2, -0.15) is 4.31 Å². The summed E-state index contributed by atoms with van der Waals surface area (Å²) in [4.78, 5) is 0. The Bertz CT molecular complexity index is 498. The van der Waals surface area contributed by atoms with Crippen LogP contribution >= 0.6 is 11.3 Å². The van der Waals surface area contributed by atoms with Gasteiger partial charge in [-0.3, -0.25) is 4.21 Å². The van der Waals surface area contributed by atoms with Gasteiger partial charge in [-0.05, 0) is 6.07 Å². The zero-order valence-electron chi connectivity index (χ0n) is 8.46. The Morgan fingerprint density at radius 1 is 1.38 bits per heavy atom. The molecule has 0 unspecified atom stereocenters. The van der Waals surface area contributed by atoms with Crippen molar-refractivity contribution in [2.24, 2.45) is 0 Å². The van der Waals surface area contributed by atoms with Gasteiger partial charge in [0.25, 0.3) is 10.0 Å². The van der Waals surface area contributed by atoms with Crippen molar-refractivity contribution in [2.45, 2.75) is 4.21 Å². The van der Waals surface area contributed by atoms with Gasteiger partial charge in [0.15, 0.2) is 0 Å². The van der Waals surface area contributed by atoms with Gasteiger partial charge >= 0.3 is 0 Å². The topological polar surface area (TPSA) is 80.5 Å². The van der Waals surface area contributed by atoms with Crippen LogP contribution in [0.1, 0.15) is 0 Å². The maximum absolute atomic E-state index is 12.1. The summed E-state index contributed by atoms with van der Waals surface area (Å²) < 4.78 is 37.0. The third-order valence-corrected chi connectivity index (χ3v) is 6.93. The third-order valence-electron chi connectivity index (χ3n) is 2.33. The van der Waals surface area contributed by atoms with E-state index in [0.717, 1.165) is 11.3 Å². The number of thiophene rings is 1. The fourth-order valence-corrected chi connectivity index (χ4v) is 5.41. The van der Waals surface area contributed by atoms with Crippen LogP contribution in [0, 0.1) is 0 Å². The smallest absolute Gasteiger partial charge is 0.252 e. The molecule has 2 N–H and O–H groups in total. The highest BCUT2D eigenvalue weighted by molar-refractivity contribution is 7.91. The maximum atomic E-state index is 12.1. The van der Waals surface area contributed by atoms with Gasteiger partial charge in [-0.25, -0.2) is 8.42 Å². The van der Waals surface area contributed by atoms with Crippen molar-refractivity contribution in [3.8, 4) is 0 Å². The lowest BCUT2D eigenvalue weighted by Crippen LogP contribution is -2.41. The zero-order valence-corrected chi connectivity index (χ0v) is 10.9. The number of hydrogen-bond acceptors (Lipinski definition) is 5. The van der Waals surface area contributed by atoms with Crippen LogP contribution in [0.3, 0.4) is 0 Å². The molecule has 1 aromatic heterocycles. The molecule has 1 aliphatic rings. The molecule has 0 aliphatic carbocycles. The molecule has 8 heteroatoms. The molecule has 0 bridgehead atoms. The molecule has 2 heterocycles. The summed E-state index contributed by atoms with van der Waals surface area (Å²) in [6.07, 6.45) is 0. The van der Waals surface area contributed by atoms with E-state index in [1.807, 2.05) is 0 Å². The van der Waals surface area contributed by atoms with E-state index in [0.29, 0.717) is 30.3 Å². The standard InChI is InChI=1S/C8H12N2O3S3/c9-7-5-8(14-6-7)16(12,13)10-1-3-15(11)4-2-10/h5-6H,1-4,9H2. The van der Waals surface area contributed by atoms with E-state index in [9.17, 15) is 12.6 Å². The van der Waals surface area contributed by atoms with Crippen LogP contribution in [-0.2, 0) is 20.8 Å². The molecule has 0 amide bonds. The Labute approximate surface area is 101 Å². The first-order chi connectivity index (χ1) is 7.50. The summed E-state index contributed by atoms with van der Waals surface area (Å²) in [5.41, 5.74) is 5.97. The summed E-state index contributed by atoms with van der Waals surface area (Å²) in [7, 11) is -4.30. The predicted octanol–water partition coefficient (Wildman–Crippen LogP) is 0.0833. The fraction of sp³-hybridized carbons (Fsp3) is 0.500. The Morgan fingerprint density at radius 3 is 2.50 bits per heavy atom. The van der Waals surface area contributed by atoms with Gasteiger partial charge in [0.2, 0.25) is 0 Å². The molecule has 0 spiro atoms. The van der Waals surface area contributed by atoms with Crippen LogP contribution in [0.4, 0.5) is 5.69 Å². The van der Waals surface area contributed by atoms with E-state index < -0.39 is 20.8 Å². The number of anilines is 1. The number of nitrogen functional groups attached to an aromatic ring is 1. The van der Waals surface area contributed by atoms with E-state index in [1.54, 1.807) is 5.38 Å². The Morgan fingerprint density at radius 2 is 2.00 bits per heavy atom. The van der Waals surface area contributed by atoms with Crippen LogP contribution in [-0.4, -0.2) is 41.5 Å². The molecule has 16 heavy (non-hydrogen) atoms. The molecule has 1 aromatic rings. The Kier molecular flexibility index (Phi) is 3.34. The second-order valence-corrected chi connectivity index (χ2v) is 8.22. The van der Waals surface area contributed by atoms with Gasteiger partial charge in [0, 0.05) is 46.5 Å². The molecule has 1 saturated heterocycles. The van der Waals surface area contributed by atoms with E-state index in [-0.39, 0.29) is 4.21 Å². The normalized spacial score (nSPS) is 20.0. The van der Waals surface area contributed by atoms with Gasteiger partial charge in [0.05, 0.1) is 0 Å². The van der Waals surface area contributed by atoms with Crippen LogP contribution < -0.4 is 5.73 Å². The average Bonchev–Trinajstić information content (AvgIpc) is 2.66. The number of nitrogens with two attached hydrogens (primary N) is 1. The zero-order chi connectivity index (χ0) is 11.8. The van der Waals surface area contributed by atoms with Crippen molar-refractivity contribution in [1.29, 1.82) is 0 Å². The molecule has 0 saturated carbocycles.